The Hall–Kier alpha value is -3.44. The number of anilines is 1. The number of carbonyl (C=O) groups excluding carboxylic acids is 2. The van der Waals surface area contributed by atoms with Crippen molar-refractivity contribution in [1.82, 2.24) is 5.32 Å². The van der Waals surface area contributed by atoms with Crippen molar-refractivity contribution >= 4 is 46.2 Å². The van der Waals surface area contributed by atoms with Crippen molar-refractivity contribution in [2.24, 2.45) is 0 Å². The Kier molecular flexibility index (Phi) is 7.67. The van der Waals surface area contributed by atoms with Crippen molar-refractivity contribution in [3.05, 3.63) is 87.0 Å². The summed E-state index contributed by atoms with van der Waals surface area (Å²) < 4.78 is 6.22. The lowest BCUT2D eigenvalue weighted by atomic mass is 9.98. The second-order valence-electron chi connectivity index (χ2n) is 8.06. The Morgan fingerprint density at radius 3 is 2.20 bits per heavy atom. The molecule has 180 valence electrons. The Bertz CT molecular complexity index is 1230. The van der Waals surface area contributed by atoms with E-state index in [9.17, 15) is 19.5 Å². The lowest BCUT2D eigenvalue weighted by Crippen LogP contribution is -2.41. The number of amides is 2. The van der Waals surface area contributed by atoms with E-state index in [1.54, 1.807) is 12.1 Å². The highest BCUT2D eigenvalue weighted by Gasteiger charge is 2.29. The number of carboxylic acid groups (broad SMARTS) is 1. The fourth-order valence-corrected chi connectivity index (χ4v) is 4.84. The molecule has 0 saturated carbocycles. The number of aliphatic carboxylic acids is 1. The summed E-state index contributed by atoms with van der Waals surface area (Å²) in [4.78, 5) is 36.4. The normalized spacial score (nSPS) is 12.9. The molecule has 1 unspecified atom stereocenters. The van der Waals surface area contributed by atoms with Gasteiger partial charge in [-0.25, -0.2) is 9.59 Å². The molecule has 0 fully saturated rings. The molecule has 0 saturated heterocycles. The molecule has 1 aliphatic rings. The third kappa shape index (κ3) is 5.63. The van der Waals surface area contributed by atoms with Crippen LogP contribution in [0.4, 0.5) is 10.5 Å². The van der Waals surface area contributed by atoms with Gasteiger partial charge in [0.25, 0.3) is 5.91 Å². The summed E-state index contributed by atoms with van der Waals surface area (Å²) in [5, 5.41) is 23.2. The highest BCUT2D eigenvalue weighted by molar-refractivity contribution is 14.1. The molecule has 9 heteroatoms. The topological polar surface area (TPSA) is 125 Å². The summed E-state index contributed by atoms with van der Waals surface area (Å²) in [6.07, 6.45) is -0.778. The van der Waals surface area contributed by atoms with Gasteiger partial charge in [0.15, 0.2) is 0 Å². The van der Waals surface area contributed by atoms with Gasteiger partial charge in [0, 0.05) is 33.8 Å². The molecule has 4 rings (SSSR count). The molecule has 3 aromatic rings. The number of carboxylic acids is 1. The van der Waals surface area contributed by atoms with Gasteiger partial charge < -0.3 is 20.3 Å². The average Bonchev–Trinajstić information content (AvgIpc) is 3.15. The summed E-state index contributed by atoms with van der Waals surface area (Å²) in [6, 6.07) is 19.5. The van der Waals surface area contributed by atoms with Crippen LogP contribution in [0.25, 0.3) is 11.1 Å². The molecule has 35 heavy (non-hydrogen) atoms. The molecular formula is C26H23IN2O6. The standard InChI is InChI=1S/C26H23IN2O6/c27-16-11-15(24(31)29-23(9-10-30)25(32)33)12-17(13-16)28-26(34)35-14-22-20-7-3-1-5-18(20)19-6-2-4-8-21(19)22/h1-8,11-13,22-23,30H,9-10,14H2,(H,28,34)(H,29,31)(H,32,33). The minimum atomic E-state index is -1.24. The molecule has 4 N–H and O–H groups in total. The maximum absolute atomic E-state index is 12.6. The molecule has 0 heterocycles. The van der Waals surface area contributed by atoms with Gasteiger partial charge in [0.2, 0.25) is 0 Å². The van der Waals surface area contributed by atoms with Crippen LogP contribution in [0.2, 0.25) is 0 Å². The van der Waals surface area contributed by atoms with Crippen molar-refractivity contribution < 1.29 is 29.3 Å². The van der Waals surface area contributed by atoms with Crippen LogP contribution in [0.3, 0.4) is 0 Å². The van der Waals surface area contributed by atoms with Gasteiger partial charge >= 0.3 is 12.1 Å². The molecule has 2 amide bonds. The quantitative estimate of drug-likeness (QED) is 0.293. The van der Waals surface area contributed by atoms with E-state index in [1.165, 1.54) is 6.07 Å². The second kappa shape index (κ2) is 10.9. The predicted octanol–water partition coefficient (Wildman–Crippen LogP) is 4.22. The number of benzene rings is 3. The largest absolute Gasteiger partial charge is 0.480 e. The summed E-state index contributed by atoms with van der Waals surface area (Å²) in [6.45, 7) is -0.225. The van der Waals surface area contributed by atoms with Crippen molar-refractivity contribution in [2.75, 3.05) is 18.5 Å². The fourth-order valence-electron chi connectivity index (χ4n) is 4.17. The number of nitrogens with one attached hydrogen (secondary N) is 2. The Morgan fingerprint density at radius 1 is 0.971 bits per heavy atom. The van der Waals surface area contributed by atoms with Crippen molar-refractivity contribution in [3.63, 3.8) is 0 Å². The van der Waals surface area contributed by atoms with Gasteiger partial charge in [0.1, 0.15) is 12.6 Å². The second-order valence-corrected chi connectivity index (χ2v) is 9.30. The highest BCUT2D eigenvalue weighted by Crippen LogP contribution is 2.44. The van der Waals surface area contributed by atoms with Gasteiger partial charge in [-0.05, 0) is 63.0 Å². The van der Waals surface area contributed by atoms with Crippen molar-refractivity contribution in [2.45, 2.75) is 18.4 Å². The summed E-state index contributed by atoms with van der Waals surface area (Å²) in [7, 11) is 0. The van der Waals surface area contributed by atoms with Gasteiger partial charge in [-0.2, -0.15) is 0 Å². The van der Waals surface area contributed by atoms with E-state index in [1.807, 2.05) is 59.0 Å². The Labute approximate surface area is 215 Å². The lowest BCUT2D eigenvalue weighted by Gasteiger charge is -2.16. The van der Waals surface area contributed by atoms with E-state index < -0.39 is 24.0 Å². The number of aliphatic hydroxyl groups is 1. The van der Waals surface area contributed by atoms with Crippen LogP contribution >= 0.6 is 22.6 Å². The first-order valence-electron chi connectivity index (χ1n) is 10.9. The number of halogens is 1. The molecule has 0 spiro atoms. The number of rotatable bonds is 8. The average molecular weight is 586 g/mol. The van der Waals surface area contributed by atoms with Gasteiger partial charge in [0.05, 0.1) is 0 Å². The zero-order valence-electron chi connectivity index (χ0n) is 18.5. The molecule has 1 atom stereocenters. The molecular weight excluding hydrogens is 563 g/mol. The van der Waals surface area contributed by atoms with Crippen LogP contribution in [0.15, 0.2) is 66.7 Å². The van der Waals surface area contributed by atoms with Gasteiger partial charge in [-0.15, -0.1) is 0 Å². The van der Waals surface area contributed by atoms with E-state index >= 15 is 0 Å². The van der Waals surface area contributed by atoms with E-state index in [4.69, 9.17) is 9.84 Å². The number of aliphatic hydroxyl groups excluding tert-OH is 1. The third-order valence-electron chi connectivity index (χ3n) is 5.77. The van der Waals surface area contributed by atoms with Crippen molar-refractivity contribution in [3.8, 4) is 11.1 Å². The van der Waals surface area contributed by atoms with Crippen LogP contribution in [0.1, 0.15) is 33.8 Å². The molecule has 3 aromatic carbocycles. The predicted molar refractivity (Wildman–Crippen MR) is 138 cm³/mol. The van der Waals surface area contributed by atoms with Gasteiger partial charge in [-0.1, -0.05) is 48.5 Å². The highest BCUT2D eigenvalue weighted by atomic mass is 127. The monoisotopic (exact) mass is 586 g/mol. The molecule has 0 bridgehead atoms. The van der Waals surface area contributed by atoms with Crippen LogP contribution in [-0.2, 0) is 9.53 Å². The Balaban J connectivity index is 1.43. The van der Waals surface area contributed by atoms with E-state index in [2.05, 4.69) is 22.8 Å². The first-order valence-corrected chi connectivity index (χ1v) is 12.0. The first-order chi connectivity index (χ1) is 16.9. The number of fused-ring (bicyclic) bond motifs is 3. The fraction of sp³-hybridized carbons (Fsp3) is 0.192. The van der Waals surface area contributed by atoms with E-state index in [-0.39, 0.29) is 31.1 Å². The molecule has 0 aromatic heterocycles. The SMILES string of the molecule is O=C(Nc1cc(I)cc(C(=O)NC(CCO)C(=O)O)c1)OCC1c2ccccc2-c2ccccc21. The minimum absolute atomic E-state index is 0.0788. The maximum Gasteiger partial charge on any atom is 0.411 e. The maximum atomic E-state index is 12.6. The zero-order valence-corrected chi connectivity index (χ0v) is 20.7. The van der Waals surface area contributed by atoms with E-state index in [0.29, 0.717) is 9.26 Å². The first kappa shape index (κ1) is 24.7. The molecule has 8 nitrogen and oxygen atoms in total. The Morgan fingerprint density at radius 2 is 1.60 bits per heavy atom. The lowest BCUT2D eigenvalue weighted by molar-refractivity contribution is -0.139. The summed E-state index contributed by atoms with van der Waals surface area (Å²) in [5.74, 6) is -1.94. The zero-order chi connectivity index (χ0) is 24.9. The summed E-state index contributed by atoms with van der Waals surface area (Å²) >= 11 is 2.00. The number of hydrogen-bond acceptors (Lipinski definition) is 5. The van der Waals surface area contributed by atoms with Gasteiger partial charge in [-0.3, -0.25) is 10.1 Å². The number of ether oxygens (including phenoxy) is 1. The van der Waals surface area contributed by atoms with Crippen molar-refractivity contribution in [1.29, 1.82) is 0 Å². The van der Waals surface area contributed by atoms with Crippen LogP contribution < -0.4 is 10.6 Å². The number of carbonyl (C=O) groups is 3. The molecule has 1 aliphatic carbocycles. The van der Waals surface area contributed by atoms with E-state index in [0.717, 1.165) is 22.3 Å². The smallest absolute Gasteiger partial charge is 0.411 e. The van der Waals surface area contributed by atoms with Crippen LogP contribution in [-0.4, -0.2) is 47.4 Å². The minimum Gasteiger partial charge on any atom is -0.480 e. The summed E-state index contributed by atoms with van der Waals surface area (Å²) in [5.41, 5.74) is 4.98. The number of hydrogen-bond donors (Lipinski definition) is 4. The molecule has 0 aliphatic heterocycles. The van der Waals surface area contributed by atoms with Crippen LogP contribution in [0, 0.1) is 3.57 Å². The third-order valence-corrected chi connectivity index (χ3v) is 6.39. The molecule has 0 radical (unpaired) electrons. The van der Waals surface area contributed by atoms with Crippen LogP contribution in [0.5, 0.6) is 0 Å².